The molecule has 0 heterocycles. The molecule has 0 radical (unpaired) electrons. The zero-order chi connectivity index (χ0) is 19.1. The number of ether oxygens (including phenoxy) is 1. The second-order valence-corrected chi connectivity index (χ2v) is 5.14. The lowest BCUT2D eigenvalue weighted by molar-refractivity contribution is -0.118. The van der Waals surface area contributed by atoms with Gasteiger partial charge in [-0.3, -0.25) is 14.4 Å². The van der Waals surface area contributed by atoms with Gasteiger partial charge in [0.1, 0.15) is 5.82 Å². The van der Waals surface area contributed by atoms with Gasteiger partial charge < -0.3 is 21.1 Å². The van der Waals surface area contributed by atoms with Crippen molar-refractivity contribution in [3.63, 3.8) is 0 Å². The molecule has 0 unspecified atom stereocenters. The van der Waals surface area contributed by atoms with Crippen LogP contribution in [0.15, 0.2) is 42.5 Å². The van der Waals surface area contributed by atoms with E-state index in [1.54, 1.807) is 0 Å². The van der Waals surface area contributed by atoms with Crippen LogP contribution in [0.5, 0.6) is 5.75 Å². The monoisotopic (exact) mass is 363 g/mol. The molecule has 0 saturated heterocycles. The van der Waals surface area contributed by atoms with Crippen molar-refractivity contribution in [1.82, 2.24) is 5.32 Å². The predicted octanol–water partition coefficient (Wildman–Crippen LogP) is 1.20. The molecule has 0 spiro atoms. The van der Waals surface area contributed by atoms with Crippen molar-refractivity contribution < 1.29 is 27.9 Å². The molecule has 0 atom stereocenters. The summed E-state index contributed by atoms with van der Waals surface area (Å²) in [7, 11) is 0. The number of hydrogen-bond donors (Lipinski definition) is 3. The van der Waals surface area contributed by atoms with Gasteiger partial charge in [0, 0.05) is 17.3 Å². The summed E-state index contributed by atoms with van der Waals surface area (Å²) in [5, 5.41) is 4.82. The van der Waals surface area contributed by atoms with E-state index in [-0.39, 0.29) is 17.9 Å². The number of anilines is 1. The Morgan fingerprint density at radius 1 is 1.04 bits per heavy atom. The molecule has 0 bridgehead atoms. The Morgan fingerprint density at radius 2 is 1.73 bits per heavy atom. The van der Waals surface area contributed by atoms with Crippen molar-refractivity contribution >= 4 is 23.4 Å². The van der Waals surface area contributed by atoms with Crippen LogP contribution in [0.2, 0.25) is 0 Å². The molecule has 4 N–H and O–H groups in total. The van der Waals surface area contributed by atoms with Gasteiger partial charge in [-0.15, -0.1) is 0 Å². The van der Waals surface area contributed by atoms with Crippen molar-refractivity contribution in [3.8, 4) is 5.75 Å². The van der Waals surface area contributed by atoms with Crippen LogP contribution >= 0.6 is 0 Å². The third-order valence-corrected chi connectivity index (χ3v) is 3.11. The summed E-state index contributed by atoms with van der Waals surface area (Å²) >= 11 is 0. The third-order valence-electron chi connectivity index (χ3n) is 3.11. The molecular formula is C17H15F2N3O4. The van der Waals surface area contributed by atoms with Gasteiger partial charge in [-0.2, -0.15) is 0 Å². The standard InChI is InChI=1S/C17H15F2N3O4/c18-11-3-6-14(13(19)7-11)26-9-16(24)22-12-4-1-10(2-5-12)17(25)21-8-15(20)23/h1-7H,8-9H2,(H2,20,23)(H,21,25)(H,22,24). The fraction of sp³-hybridized carbons (Fsp3) is 0.118. The Hall–Kier alpha value is -3.49. The summed E-state index contributed by atoms with van der Waals surface area (Å²) in [6, 6.07) is 8.55. The van der Waals surface area contributed by atoms with Gasteiger partial charge in [0.15, 0.2) is 18.2 Å². The smallest absolute Gasteiger partial charge is 0.262 e. The van der Waals surface area contributed by atoms with E-state index in [0.717, 1.165) is 12.1 Å². The number of amides is 3. The van der Waals surface area contributed by atoms with Crippen LogP contribution in [-0.4, -0.2) is 30.9 Å². The lowest BCUT2D eigenvalue weighted by Crippen LogP contribution is -2.33. The normalized spacial score (nSPS) is 10.1. The molecule has 2 rings (SSSR count). The molecule has 136 valence electrons. The summed E-state index contributed by atoms with van der Waals surface area (Å²) in [5.74, 6) is -3.64. The molecule has 0 aliphatic rings. The SMILES string of the molecule is NC(=O)CNC(=O)c1ccc(NC(=O)COc2ccc(F)cc2F)cc1. The maximum atomic E-state index is 13.4. The van der Waals surface area contributed by atoms with Gasteiger partial charge in [0.25, 0.3) is 11.8 Å². The molecule has 2 aromatic carbocycles. The maximum absolute atomic E-state index is 13.4. The van der Waals surface area contributed by atoms with E-state index in [1.165, 1.54) is 24.3 Å². The lowest BCUT2D eigenvalue weighted by Gasteiger charge is -2.09. The highest BCUT2D eigenvalue weighted by molar-refractivity contribution is 5.97. The predicted molar refractivity (Wildman–Crippen MR) is 88.5 cm³/mol. The summed E-state index contributed by atoms with van der Waals surface area (Å²) in [5.41, 5.74) is 5.58. The van der Waals surface area contributed by atoms with Gasteiger partial charge in [-0.05, 0) is 36.4 Å². The Balaban J connectivity index is 1.87. The van der Waals surface area contributed by atoms with E-state index in [9.17, 15) is 23.2 Å². The highest BCUT2D eigenvalue weighted by Crippen LogP contribution is 2.17. The van der Waals surface area contributed by atoms with Crippen LogP contribution < -0.4 is 21.1 Å². The van der Waals surface area contributed by atoms with Crippen LogP contribution in [0.25, 0.3) is 0 Å². The quantitative estimate of drug-likeness (QED) is 0.686. The van der Waals surface area contributed by atoms with Crippen molar-refractivity contribution in [1.29, 1.82) is 0 Å². The van der Waals surface area contributed by atoms with E-state index >= 15 is 0 Å². The average Bonchev–Trinajstić information content (AvgIpc) is 2.59. The third kappa shape index (κ3) is 5.55. The van der Waals surface area contributed by atoms with Crippen molar-refractivity contribution in [2.24, 2.45) is 5.73 Å². The molecule has 0 fully saturated rings. The Labute approximate surface area is 147 Å². The Kier molecular flexibility index (Phi) is 6.20. The molecule has 0 aliphatic heterocycles. The number of hydrogen-bond acceptors (Lipinski definition) is 4. The number of benzene rings is 2. The first-order valence-corrected chi connectivity index (χ1v) is 7.39. The minimum Gasteiger partial charge on any atom is -0.481 e. The van der Waals surface area contributed by atoms with E-state index in [1.807, 2.05) is 0 Å². The van der Waals surface area contributed by atoms with Crippen molar-refractivity contribution in [2.75, 3.05) is 18.5 Å². The van der Waals surface area contributed by atoms with Gasteiger partial charge in [0.2, 0.25) is 5.91 Å². The minimum atomic E-state index is -0.913. The van der Waals surface area contributed by atoms with Gasteiger partial charge in [-0.1, -0.05) is 0 Å². The van der Waals surface area contributed by atoms with E-state index in [2.05, 4.69) is 10.6 Å². The van der Waals surface area contributed by atoms with E-state index in [0.29, 0.717) is 11.8 Å². The molecule has 0 aromatic heterocycles. The fourth-order valence-electron chi connectivity index (χ4n) is 1.91. The first-order valence-electron chi connectivity index (χ1n) is 7.39. The largest absolute Gasteiger partial charge is 0.481 e. The lowest BCUT2D eigenvalue weighted by atomic mass is 10.2. The first-order chi connectivity index (χ1) is 12.3. The molecule has 26 heavy (non-hydrogen) atoms. The van der Waals surface area contributed by atoms with Crippen LogP contribution in [0, 0.1) is 11.6 Å². The Morgan fingerprint density at radius 3 is 2.35 bits per heavy atom. The average molecular weight is 363 g/mol. The summed E-state index contributed by atoms with van der Waals surface area (Å²) in [6.07, 6.45) is 0. The molecule has 2 aromatic rings. The summed E-state index contributed by atoms with van der Waals surface area (Å²) in [6.45, 7) is -0.766. The van der Waals surface area contributed by atoms with Crippen LogP contribution in [0.4, 0.5) is 14.5 Å². The van der Waals surface area contributed by atoms with Gasteiger partial charge >= 0.3 is 0 Å². The molecule has 0 saturated carbocycles. The number of carbonyl (C=O) groups excluding carboxylic acids is 3. The summed E-state index contributed by atoms with van der Waals surface area (Å²) in [4.78, 5) is 34.1. The number of halogens is 2. The van der Waals surface area contributed by atoms with Crippen LogP contribution in [0.3, 0.4) is 0 Å². The number of nitrogens with one attached hydrogen (secondary N) is 2. The second-order valence-electron chi connectivity index (χ2n) is 5.14. The highest BCUT2D eigenvalue weighted by Gasteiger charge is 2.10. The number of nitrogens with two attached hydrogens (primary N) is 1. The summed E-state index contributed by atoms with van der Waals surface area (Å²) < 4.78 is 31.2. The Bertz CT molecular complexity index is 825. The fourth-order valence-corrected chi connectivity index (χ4v) is 1.91. The van der Waals surface area contributed by atoms with E-state index < -0.39 is 36.0 Å². The van der Waals surface area contributed by atoms with E-state index in [4.69, 9.17) is 10.5 Å². The molecular weight excluding hydrogens is 348 g/mol. The molecule has 9 heteroatoms. The highest BCUT2D eigenvalue weighted by atomic mass is 19.1. The first kappa shape index (κ1) is 18.8. The van der Waals surface area contributed by atoms with Crippen LogP contribution in [-0.2, 0) is 9.59 Å². The molecule has 0 aliphatic carbocycles. The number of rotatable bonds is 7. The molecule has 3 amide bonds. The molecule has 7 nitrogen and oxygen atoms in total. The number of primary amides is 1. The van der Waals surface area contributed by atoms with Gasteiger partial charge in [0.05, 0.1) is 6.54 Å². The second kappa shape index (κ2) is 8.56. The zero-order valence-corrected chi connectivity index (χ0v) is 13.4. The van der Waals surface area contributed by atoms with Crippen molar-refractivity contribution in [3.05, 3.63) is 59.7 Å². The topological polar surface area (TPSA) is 111 Å². The van der Waals surface area contributed by atoms with Crippen molar-refractivity contribution in [2.45, 2.75) is 0 Å². The maximum Gasteiger partial charge on any atom is 0.262 e. The van der Waals surface area contributed by atoms with Crippen LogP contribution in [0.1, 0.15) is 10.4 Å². The zero-order valence-electron chi connectivity index (χ0n) is 13.4. The minimum absolute atomic E-state index is 0.247. The van der Waals surface area contributed by atoms with Gasteiger partial charge in [-0.25, -0.2) is 8.78 Å². The number of carbonyl (C=O) groups is 3.